The molecular weight excluding hydrogens is 204 g/mol. The highest BCUT2D eigenvalue weighted by Crippen LogP contribution is 2.20. The molecule has 0 aliphatic heterocycles. The summed E-state index contributed by atoms with van der Waals surface area (Å²) in [5.74, 6) is -1.29. The van der Waals surface area contributed by atoms with Crippen molar-refractivity contribution in [3.05, 3.63) is 34.9 Å². The van der Waals surface area contributed by atoms with E-state index in [4.69, 9.17) is 10.5 Å². The quantitative estimate of drug-likeness (QED) is 0.794. The fourth-order valence-electron chi connectivity index (χ4n) is 1.25. The van der Waals surface area contributed by atoms with E-state index in [1.54, 1.807) is 0 Å². The van der Waals surface area contributed by atoms with Gasteiger partial charge in [-0.3, -0.25) is 0 Å². The maximum Gasteiger partial charge on any atom is 0.129 e. The average Bonchev–Trinajstić information content (AvgIpc) is 2.22. The maximum atomic E-state index is 13.4. The maximum absolute atomic E-state index is 13.4. The minimum atomic E-state index is -1.18. The van der Waals surface area contributed by atoms with Gasteiger partial charge in [0.15, 0.2) is 0 Å². The molecule has 0 aromatic heterocycles. The Morgan fingerprint density at radius 1 is 1.40 bits per heavy atom. The summed E-state index contributed by atoms with van der Waals surface area (Å²) in [6.45, 7) is -0.165. The molecule has 0 saturated heterocycles. The van der Waals surface area contributed by atoms with Gasteiger partial charge in [-0.1, -0.05) is 0 Å². The monoisotopic (exact) mass is 217 g/mol. The minimum Gasteiger partial charge on any atom is -0.387 e. The van der Waals surface area contributed by atoms with E-state index in [0.29, 0.717) is 0 Å². The van der Waals surface area contributed by atoms with Gasteiger partial charge in [0.1, 0.15) is 11.6 Å². The molecule has 0 heterocycles. The van der Waals surface area contributed by atoms with Crippen molar-refractivity contribution in [2.75, 3.05) is 13.7 Å². The first-order chi connectivity index (χ1) is 7.10. The van der Waals surface area contributed by atoms with Gasteiger partial charge in [-0.15, -0.1) is 0 Å². The van der Waals surface area contributed by atoms with Crippen molar-refractivity contribution in [1.82, 2.24) is 0 Å². The smallest absolute Gasteiger partial charge is 0.129 e. The van der Waals surface area contributed by atoms with Crippen LogP contribution < -0.4 is 5.73 Å². The molecule has 1 unspecified atom stereocenters. The molecule has 0 amide bonds. The van der Waals surface area contributed by atoms with Crippen molar-refractivity contribution >= 4 is 0 Å². The third-order valence-electron chi connectivity index (χ3n) is 2.05. The molecule has 0 spiro atoms. The molecule has 3 nitrogen and oxygen atoms in total. The van der Waals surface area contributed by atoms with Gasteiger partial charge in [-0.2, -0.15) is 0 Å². The SMILES string of the molecule is COCc1cc(F)c(C(O)CN)cc1F. The summed E-state index contributed by atoms with van der Waals surface area (Å²) in [6, 6.07) is 1.95. The van der Waals surface area contributed by atoms with E-state index < -0.39 is 17.7 Å². The highest BCUT2D eigenvalue weighted by molar-refractivity contribution is 5.27. The normalized spacial score (nSPS) is 12.9. The van der Waals surface area contributed by atoms with Crippen molar-refractivity contribution in [3.8, 4) is 0 Å². The Hall–Kier alpha value is -1.04. The van der Waals surface area contributed by atoms with E-state index in [2.05, 4.69) is 0 Å². The van der Waals surface area contributed by atoms with Crippen molar-refractivity contribution in [1.29, 1.82) is 0 Å². The Kier molecular flexibility index (Phi) is 4.14. The van der Waals surface area contributed by atoms with Crippen molar-refractivity contribution in [2.45, 2.75) is 12.7 Å². The van der Waals surface area contributed by atoms with E-state index in [-0.39, 0.29) is 24.3 Å². The van der Waals surface area contributed by atoms with Gasteiger partial charge < -0.3 is 15.6 Å². The summed E-state index contributed by atoms with van der Waals surface area (Å²) in [6.07, 6.45) is -1.18. The number of hydrogen-bond acceptors (Lipinski definition) is 3. The number of hydrogen-bond donors (Lipinski definition) is 2. The number of aliphatic hydroxyl groups is 1. The lowest BCUT2D eigenvalue weighted by atomic mass is 10.1. The van der Waals surface area contributed by atoms with E-state index in [0.717, 1.165) is 12.1 Å². The highest BCUT2D eigenvalue weighted by Gasteiger charge is 2.15. The number of rotatable bonds is 4. The summed E-state index contributed by atoms with van der Waals surface area (Å²) < 4.78 is 31.4. The third kappa shape index (κ3) is 2.71. The van der Waals surface area contributed by atoms with Crippen LogP contribution in [-0.4, -0.2) is 18.8 Å². The van der Waals surface area contributed by atoms with Gasteiger partial charge in [-0.05, 0) is 12.1 Å². The van der Waals surface area contributed by atoms with Crippen LogP contribution in [0.25, 0.3) is 0 Å². The molecular formula is C10H13F2NO2. The Balaban J connectivity index is 3.07. The summed E-state index contributed by atoms with van der Waals surface area (Å²) in [5, 5.41) is 9.29. The van der Waals surface area contributed by atoms with Crippen LogP contribution in [-0.2, 0) is 11.3 Å². The van der Waals surface area contributed by atoms with Crippen molar-refractivity contribution in [2.24, 2.45) is 5.73 Å². The molecule has 1 aromatic carbocycles. The molecule has 0 aliphatic carbocycles. The fourth-order valence-corrected chi connectivity index (χ4v) is 1.25. The largest absolute Gasteiger partial charge is 0.387 e. The van der Waals surface area contributed by atoms with E-state index in [9.17, 15) is 13.9 Å². The Morgan fingerprint density at radius 2 is 2.07 bits per heavy atom. The molecule has 3 N–H and O–H groups in total. The van der Waals surface area contributed by atoms with Crippen LogP contribution >= 0.6 is 0 Å². The second-order valence-electron chi connectivity index (χ2n) is 3.15. The topological polar surface area (TPSA) is 55.5 Å². The van der Waals surface area contributed by atoms with Gasteiger partial charge in [-0.25, -0.2) is 8.78 Å². The number of aliphatic hydroxyl groups excluding tert-OH is 1. The van der Waals surface area contributed by atoms with Gasteiger partial charge in [0, 0.05) is 24.8 Å². The zero-order valence-electron chi connectivity index (χ0n) is 8.34. The molecule has 5 heteroatoms. The molecule has 1 rings (SSSR count). The summed E-state index contributed by atoms with van der Waals surface area (Å²) in [7, 11) is 1.39. The number of benzene rings is 1. The molecule has 0 fully saturated rings. The number of nitrogens with two attached hydrogens (primary N) is 1. The van der Waals surface area contributed by atoms with Gasteiger partial charge >= 0.3 is 0 Å². The molecule has 1 atom stereocenters. The van der Waals surface area contributed by atoms with E-state index >= 15 is 0 Å². The summed E-state index contributed by atoms with van der Waals surface area (Å²) in [4.78, 5) is 0. The number of halogens is 2. The summed E-state index contributed by atoms with van der Waals surface area (Å²) in [5.41, 5.74) is 5.14. The Morgan fingerprint density at radius 3 is 2.60 bits per heavy atom. The van der Waals surface area contributed by atoms with Crippen LogP contribution in [0.1, 0.15) is 17.2 Å². The lowest BCUT2D eigenvalue weighted by Gasteiger charge is -2.11. The van der Waals surface area contributed by atoms with Crippen LogP contribution in [0.3, 0.4) is 0 Å². The lowest BCUT2D eigenvalue weighted by molar-refractivity contribution is 0.175. The predicted octanol–water partition coefficient (Wildman–Crippen LogP) is 1.10. The molecule has 0 bridgehead atoms. The third-order valence-corrected chi connectivity index (χ3v) is 2.05. The molecule has 0 radical (unpaired) electrons. The number of ether oxygens (including phenoxy) is 1. The minimum absolute atomic E-state index is 0.0121. The van der Waals surface area contributed by atoms with Gasteiger partial charge in [0.2, 0.25) is 0 Å². The highest BCUT2D eigenvalue weighted by atomic mass is 19.1. The molecule has 15 heavy (non-hydrogen) atoms. The van der Waals surface area contributed by atoms with Crippen LogP contribution in [0.4, 0.5) is 8.78 Å². The van der Waals surface area contributed by atoms with Gasteiger partial charge in [0.05, 0.1) is 12.7 Å². The van der Waals surface area contributed by atoms with E-state index in [1.165, 1.54) is 7.11 Å². The zero-order chi connectivity index (χ0) is 11.4. The first-order valence-corrected chi connectivity index (χ1v) is 4.45. The Bertz CT molecular complexity index is 344. The average molecular weight is 217 g/mol. The fraction of sp³-hybridized carbons (Fsp3) is 0.400. The van der Waals surface area contributed by atoms with Crippen LogP contribution in [0.2, 0.25) is 0 Å². The second-order valence-corrected chi connectivity index (χ2v) is 3.15. The molecule has 0 aliphatic rings. The summed E-state index contributed by atoms with van der Waals surface area (Å²) >= 11 is 0. The van der Waals surface area contributed by atoms with Crippen LogP contribution in [0.15, 0.2) is 12.1 Å². The predicted molar refractivity (Wildman–Crippen MR) is 51.1 cm³/mol. The van der Waals surface area contributed by atoms with Crippen molar-refractivity contribution < 1.29 is 18.6 Å². The van der Waals surface area contributed by atoms with Crippen LogP contribution in [0, 0.1) is 11.6 Å². The first-order valence-electron chi connectivity index (χ1n) is 4.45. The molecule has 1 aromatic rings. The number of methoxy groups -OCH3 is 1. The Labute approximate surface area is 86.5 Å². The second kappa shape index (κ2) is 5.16. The molecule has 0 saturated carbocycles. The van der Waals surface area contributed by atoms with Crippen molar-refractivity contribution in [3.63, 3.8) is 0 Å². The van der Waals surface area contributed by atoms with Crippen LogP contribution in [0.5, 0.6) is 0 Å². The standard InChI is InChI=1S/C10H13F2NO2/c1-15-5-6-2-9(12)7(3-8(6)11)10(14)4-13/h2-3,10,14H,4-5,13H2,1H3. The lowest BCUT2D eigenvalue weighted by Crippen LogP contribution is -2.14. The first kappa shape index (κ1) is 12.0. The van der Waals surface area contributed by atoms with Gasteiger partial charge in [0.25, 0.3) is 0 Å². The zero-order valence-corrected chi connectivity index (χ0v) is 8.34. The molecule has 84 valence electrons. The van der Waals surface area contributed by atoms with E-state index in [1.807, 2.05) is 0 Å².